The molecule has 0 spiro atoms. The lowest BCUT2D eigenvalue weighted by Crippen LogP contribution is -2.41. The Labute approximate surface area is 128 Å². The van der Waals surface area contributed by atoms with Crippen molar-refractivity contribution >= 4 is 21.4 Å². The number of rotatable bonds is 3. The van der Waals surface area contributed by atoms with Gasteiger partial charge in [-0.25, -0.2) is 8.42 Å². The molecule has 0 saturated carbocycles. The van der Waals surface area contributed by atoms with E-state index in [9.17, 15) is 8.42 Å². The summed E-state index contributed by atoms with van der Waals surface area (Å²) in [6.07, 6.45) is 3.31. The average Bonchev–Trinajstić information content (AvgIpc) is 3.08. The van der Waals surface area contributed by atoms with Crippen molar-refractivity contribution in [2.75, 3.05) is 19.7 Å². The number of hydrogen-bond donors (Lipinski definition) is 0. The van der Waals surface area contributed by atoms with Crippen LogP contribution in [0.25, 0.3) is 0 Å². The summed E-state index contributed by atoms with van der Waals surface area (Å²) in [5, 5.41) is 4.11. The molecule has 0 aliphatic carbocycles. The van der Waals surface area contributed by atoms with Gasteiger partial charge < -0.3 is 4.74 Å². The van der Waals surface area contributed by atoms with Gasteiger partial charge in [0.1, 0.15) is 4.21 Å². The number of morpholine rings is 1. The van der Waals surface area contributed by atoms with E-state index in [1.807, 2.05) is 26.2 Å². The molecule has 1 atom stereocenters. The molecule has 0 amide bonds. The van der Waals surface area contributed by atoms with Gasteiger partial charge >= 0.3 is 0 Å². The molecule has 114 valence electrons. The summed E-state index contributed by atoms with van der Waals surface area (Å²) in [5.41, 5.74) is 0.903. The maximum atomic E-state index is 12.6. The Morgan fingerprint density at radius 1 is 1.43 bits per heavy atom. The highest BCUT2D eigenvalue weighted by atomic mass is 32.2. The second kappa shape index (κ2) is 5.53. The van der Waals surface area contributed by atoms with Gasteiger partial charge in [-0.05, 0) is 19.1 Å². The fourth-order valence-electron chi connectivity index (χ4n) is 2.33. The molecule has 0 N–H and O–H groups in total. The van der Waals surface area contributed by atoms with E-state index in [0.29, 0.717) is 23.9 Å². The minimum absolute atomic E-state index is 0.261. The highest BCUT2D eigenvalue weighted by Crippen LogP contribution is 2.29. The molecular weight excluding hydrogens is 310 g/mol. The van der Waals surface area contributed by atoms with Gasteiger partial charge in [0.05, 0.1) is 18.9 Å². The standard InChI is InChI=1S/C13H17N3O3S2/c1-10-3-4-13(20-10)21(17,18)16-5-6-19-12(9-16)11-7-14-15(2)8-11/h3-4,7-8,12H,5-6,9H2,1-2H3/t12-/m1/s1. The molecule has 3 heterocycles. The van der Waals surface area contributed by atoms with E-state index in [2.05, 4.69) is 5.10 Å². The van der Waals surface area contributed by atoms with Crippen LogP contribution in [0.15, 0.2) is 28.7 Å². The van der Waals surface area contributed by atoms with Crippen molar-refractivity contribution in [2.24, 2.45) is 7.05 Å². The number of aromatic nitrogens is 2. The molecule has 1 fully saturated rings. The summed E-state index contributed by atoms with van der Waals surface area (Å²) in [7, 11) is -1.60. The number of sulfonamides is 1. The van der Waals surface area contributed by atoms with Crippen molar-refractivity contribution in [3.63, 3.8) is 0 Å². The lowest BCUT2D eigenvalue weighted by molar-refractivity contribution is -0.00253. The maximum absolute atomic E-state index is 12.6. The van der Waals surface area contributed by atoms with Crippen LogP contribution in [0.4, 0.5) is 0 Å². The van der Waals surface area contributed by atoms with Crippen LogP contribution >= 0.6 is 11.3 Å². The number of hydrogen-bond acceptors (Lipinski definition) is 5. The molecule has 0 bridgehead atoms. The summed E-state index contributed by atoms with van der Waals surface area (Å²) >= 11 is 1.30. The van der Waals surface area contributed by atoms with Crippen LogP contribution in [-0.4, -0.2) is 42.2 Å². The minimum atomic E-state index is -3.43. The van der Waals surface area contributed by atoms with Gasteiger partial charge in [-0.2, -0.15) is 9.40 Å². The van der Waals surface area contributed by atoms with Gasteiger partial charge in [-0.15, -0.1) is 11.3 Å². The van der Waals surface area contributed by atoms with Crippen molar-refractivity contribution in [1.29, 1.82) is 0 Å². The molecule has 0 aromatic carbocycles. The van der Waals surface area contributed by atoms with E-state index in [0.717, 1.165) is 10.4 Å². The van der Waals surface area contributed by atoms with Crippen LogP contribution in [-0.2, 0) is 21.8 Å². The molecule has 1 aliphatic rings. The molecule has 0 radical (unpaired) electrons. The van der Waals surface area contributed by atoms with E-state index >= 15 is 0 Å². The molecule has 1 saturated heterocycles. The molecular formula is C13H17N3O3S2. The number of nitrogens with zero attached hydrogens (tertiary/aromatic N) is 3. The normalized spacial score (nSPS) is 20.8. The third kappa shape index (κ3) is 2.89. The Morgan fingerprint density at radius 3 is 2.86 bits per heavy atom. The zero-order valence-corrected chi connectivity index (χ0v) is 13.5. The maximum Gasteiger partial charge on any atom is 0.252 e. The fraction of sp³-hybridized carbons (Fsp3) is 0.462. The van der Waals surface area contributed by atoms with Gasteiger partial charge in [-0.1, -0.05) is 0 Å². The Bertz CT molecular complexity index is 735. The van der Waals surface area contributed by atoms with Crippen molar-refractivity contribution in [3.8, 4) is 0 Å². The third-order valence-electron chi connectivity index (χ3n) is 3.44. The van der Waals surface area contributed by atoms with Crippen LogP contribution in [0, 0.1) is 6.92 Å². The zero-order chi connectivity index (χ0) is 15.0. The van der Waals surface area contributed by atoms with Crippen molar-refractivity contribution in [2.45, 2.75) is 17.2 Å². The minimum Gasteiger partial charge on any atom is -0.371 e. The molecule has 2 aromatic rings. The smallest absolute Gasteiger partial charge is 0.252 e. The summed E-state index contributed by atoms with van der Waals surface area (Å²) in [5.74, 6) is 0. The van der Waals surface area contributed by atoms with Gasteiger partial charge in [0.15, 0.2) is 0 Å². The summed E-state index contributed by atoms with van der Waals surface area (Å²) in [4.78, 5) is 0.991. The van der Waals surface area contributed by atoms with E-state index in [4.69, 9.17) is 4.74 Å². The molecule has 8 heteroatoms. The molecule has 3 rings (SSSR count). The summed E-state index contributed by atoms with van der Waals surface area (Å²) in [6, 6.07) is 3.50. The van der Waals surface area contributed by atoms with Crippen LogP contribution in [0.2, 0.25) is 0 Å². The van der Waals surface area contributed by atoms with Gasteiger partial charge in [0.2, 0.25) is 0 Å². The predicted octanol–water partition coefficient (Wildman–Crippen LogP) is 1.55. The van der Waals surface area contributed by atoms with Crippen LogP contribution in [0.3, 0.4) is 0 Å². The largest absolute Gasteiger partial charge is 0.371 e. The number of aryl methyl sites for hydroxylation is 2. The molecule has 1 aliphatic heterocycles. The lowest BCUT2D eigenvalue weighted by atomic mass is 10.2. The fourth-order valence-corrected chi connectivity index (χ4v) is 5.19. The van der Waals surface area contributed by atoms with Gasteiger partial charge in [0.25, 0.3) is 10.0 Å². The zero-order valence-electron chi connectivity index (χ0n) is 11.9. The topological polar surface area (TPSA) is 64.4 Å². The quantitative estimate of drug-likeness (QED) is 0.858. The van der Waals surface area contributed by atoms with Crippen LogP contribution in [0.5, 0.6) is 0 Å². The second-order valence-corrected chi connectivity index (χ2v) is 8.49. The van der Waals surface area contributed by atoms with Crippen LogP contribution in [0.1, 0.15) is 16.5 Å². The number of ether oxygens (including phenoxy) is 1. The Balaban J connectivity index is 1.83. The van der Waals surface area contributed by atoms with Crippen molar-refractivity contribution < 1.29 is 13.2 Å². The monoisotopic (exact) mass is 327 g/mol. The first kappa shape index (κ1) is 14.7. The highest BCUT2D eigenvalue weighted by Gasteiger charge is 2.32. The predicted molar refractivity (Wildman–Crippen MR) is 79.7 cm³/mol. The van der Waals surface area contributed by atoms with E-state index in [-0.39, 0.29) is 6.10 Å². The molecule has 2 aromatic heterocycles. The van der Waals surface area contributed by atoms with Gasteiger partial charge in [0, 0.05) is 36.8 Å². The van der Waals surface area contributed by atoms with E-state index in [1.165, 1.54) is 15.6 Å². The van der Waals surface area contributed by atoms with Gasteiger partial charge in [-0.3, -0.25) is 4.68 Å². The third-order valence-corrected chi connectivity index (χ3v) is 6.77. The first-order valence-electron chi connectivity index (χ1n) is 6.63. The van der Waals surface area contributed by atoms with Crippen molar-refractivity contribution in [1.82, 2.24) is 14.1 Å². The molecule has 6 nitrogen and oxygen atoms in total. The summed E-state index contributed by atoms with van der Waals surface area (Å²) < 4.78 is 34.6. The lowest BCUT2D eigenvalue weighted by Gasteiger charge is -2.31. The Hall–Kier alpha value is -1.22. The first-order valence-corrected chi connectivity index (χ1v) is 8.89. The Kier molecular flexibility index (Phi) is 3.87. The molecule has 0 unspecified atom stereocenters. The van der Waals surface area contributed by atoms with E-state index < -0.39 is 10.0 Å². The SMILES string of the molecule is Cc1ccc(S(=O)(=O)N2CCO[C@@H](c3cnn(C)c3)C2)s1. The second-order valence-electron chi connectivity index (χ2n) is 5.03. The Morgan fingerprint density at radius 2 is 2.24 bits per heavy atom. The average molecular weight is 327 g/mol. The number of thiophene rings is 1. The van der Waals surface area contributed by atoms with Crippen LogP contribution < -0.4 is 0 Å². The first-order chi connectivity index (χ1) is 9.96. The summed E-state index contributed by atoms with van der Waals surface area (Å²) in [6.45, 7) is 3.01. The van der Waals surface area contributed by atoms with Crippen molar-refractivity contribution in [3.05, 3.63) is 35.0 Å². The molecule has 21 heavy (non-hydrogen) atoms. The van der Waals surface area contributed by atoms with E-state index in [1.54, 1.807) is 16.9 Å². The highest BCUT2D eigenvalue weighted by molar-refractivity contribution is 7.91.